The van der Waals surface area contributed by atoms with E-state index in [0.29, 0.717) is 30.5 Å². The molecule has 4 rings (SSSR count). The highest BCUT2D eigenvalue weighted by molar-refractivity contribution is 6.43. The van der Waals surface area contributed by atoms with E-state index >= 15 is 4.32 Å². The first-order valence-electron chi connectivity index (χ1n) is 10.2. The molecule has 0 saturated carbocycles. The van der Waals surface area contributed by atoms with Crippen LogP contribution in [0.5, 0.6) is 0 Å². The molecule has 3 heterocycles. The van der Waals surface area contributed by atoms with E-state index in [1.807, 2.05) is 44.2 Å². The Morgan fingerprint density at radius 2 is 2.13 bits per heavy atom. The number of halogens is 1. The van der Waals surface area contributed by atoms with Crippen LogP contribution in [0, 0.1) is 10.1 Å². The monoisotopic (exact) mass is 406 g/mol. The Bertz CT molecular complexity index is 1160. The summed E-state index contributed by atoms with van der Waals surface area (Å²) in [5, 5.41) is 11.3. The lowest BCUT2D eigenvalue weighted by atomic mass is 9.90. The Kier molecular flexibility index (Phi) is 5.26. The highest BCUT2D eigenvalue weighted by Crippen LogP contribution is 2.36. The van der Waals surface area contributed by atoms with Gasteiger partial charge < -0.3 is 19.0 Å². The minimum Gasteiger partial charge on any atom is -0.433 e. The van der Waals surface area contributed by atoms with Crippen LogP contribution in [0.15, 0.2) is 60.0 Å². The number of nitrogens with two attached hydrogens (primary N) is 1. The van der Waals surface area contributed by atoms with Crippen LogP contribution < -0.4 is 5.73 Å². The van der Waals surface area contributed by atoms with Gasteiger partial charge in [-0.25, -0.2) is 0 Å². The average Bonchev–Trinajstić information content (AvgIpc) is 3.35. The number of allylic oxidation sites excluding steroid dienone is 3. The normalized spacial score (nSPS) is 18.1. The number of hydrogen-bond donors (Lipinski definition) is 1. The highest BCUT2D eigenvalue weighted by Gasteiger charge is 2.37. The van der Waals surface area contributed by atoms with Crippen molar-refractivity contribution in [2.24, 2.45) is 5.73 Å². The summed E-state index contributed by atoms with van der Waals surface area (Å²) < 4.78 is 19.0. The van der Waals surface area contributed by atoms with E-state index < -0.39 is 7.26 Å². The number of aromatic nitrogens is 1. The second-order valence-electron chi connectivity index (χ2n) is 7.62. The van der Waals surface area contributed by atoms with E-state index in [4.69, 9.17) is 5.73 Å². The fourth-order valence-electron chi connectivity index (χ4n) is 4.45. The van der Waals surface area contributed by atoms with Crippen molar-refractivity contribution in [1.82, 2.24) is 4.48 Å². The second kappa shape index (κ2) is 7.87. The number of fused-ring (bicyclic) bond motifs is 2. The summed E-state index contributed by atoms with van der Waals surface area (Å²) in [5.41, 5.74) is 11.9. The Balaban J connectivity index is 1.79. The summed E-state index contributed by atoms with van der Waals surface area (Å²) >= 11 is 0. The third kappa shape index (κ3) is 3.23. The molecule has 0 radical (unpaired) electrons. The molecule has 1 atom stereocenters. The summed E-state index contributed by atoms with van der Waals surface area (Å²) in [5.74, 6) is 0. The number of benzene rings is 1. The van der Waals surface area contributed by atoms with Crippen LogP contribution in [0.3, 0.4) is 0 Å². The largest absolute Gasteiger partial charge is 0.536 e. The summed E-state index contributed by atoms with van der Waals surface area (Å²) in [4.78, 5) is 11.0. The van der Waals surface area contributed by atoms with Crippen molar-refractivity contribution < 1.29 is 13.7 Å². The maximum atomic E-state index is 15.5. The number of nitro groups is 1. The minimum atomic E-state index is -2.33. The smallest absolute Gasteiger partial charge is 0.433 e. The summed E-state index contributed by atoms with van der Waals surface area (Å²) in [6, 6.07) is 8.99. The van der Waals surface area contributed by atoms with Gasteiger partial charge >= 0.3 is 7.26 Å². The lowest BCUT2D eigenvalue weighted by Crippen LogP contribution is -2.40. The fraction of sp³-hybridized carbons (Fsp3) is 0.227. The molecule has 1 aromatic carbocycles. The van der Waals surface area contributed by atoms with Crippen molar-refractivity contribution >= 4 is 30.3 Å². The van der Waals surface area contributed by atoms with Gasteiger partial charge in [0, 0.05) is 40.6 Å². The standard InChI is InChI=1S/C22H24BFN4O2/c1-3-17-8-6-16(14-21(17)28(29)30)7-9-18-13-15(2)22-19(10-11-25)20-5-4-12-26(20)23(24)27(18)22/h4-9,12-14,23H,3,10-11,25H2,1-2H3/b9-7+. The lowest BCUT2D eigenvalue weighted by molar-refractivity contribution is -0.385. The molecule has 0 fully saturated rings. The zero-order valence-corrected chi connectivity index (χ0v) is 17.1. The van der Waals surface area contributed by atoms with E-state index in [0.717, 1.165) is 28.2 Å². The molecule has 8 heteroatoms. The third-order valence-electron chi connectivity index (χ3n) is 5.81. The first-order chi connectivity index (χ1) is 14.5. The van der Waals surface area contributed by atoms with E-state index in [1.165, 1.54) is 0 Å². The van der Waals surface area contributed by atoms with Gasteiger partial charge in [0.25, 0.3) is 5.69 Å². The van der Waals surface area contributed by atoms with Crippen LogP contribution in [0.2, 0.25) is 0 Å². The Morgan fingerprint density at radius 1 is 1.33 bits per heavy atom. The van der Waals surface area contributed by atoms with Crippen molar-refractivity contribution in [2.45, 2.75) is 26.7 Å². The zero-order chi connectivity index (χ0) is 21.4. The maximum absolute atomic E-state index is 15.5. The number of aryl methyl sites for hydroxylation is 1. The number of hydrogen-bond acceptors (Lipinski definition) is 3. The van der Waals surface area contributed by atoms with Gasteiger partial charge in [-0.05, 0) is 56.3 Å². The summed E-state index contributed by atoms with van der Waals surface area (Å²) in [6.45, 7) is 4.35. The van der Waals surface area contributed by atoms with Crippen LogP contribution >= 0.6 is 0 Å². The molecule has 2 N–H and O–H groups in total. The van der Waals surface area contributed by atoms with Gasteiger partial charge in [-0.15, -0.1) is 0 Å². The number of rotatable bonds is 6. The molecule has 2 aliphatic rings. The van der Waals surface area contributed by atoms with Gasteiger partial charge in [-0.1, -0.05) is 19.1 Å². The Morgan fingerprint density at radius 3 is 2.83 bits per heavy atom. The van der Waals surface area contributed by atoms with E-state index in [2.05, 4.69) is 0 Å². The van der Waals surface area contributed by atoms with Gasteiger partial charge in [0.05, 0.1) is 4.92 Å². The predicted octanol–water partition coefficient (Wildman–Crippen LogP) is 3.69. The molecule has 6 nitrogen and oxygen atoms in total. The van der Waals surface area contributed by atoms with Gasteiger partial charge in [-0.2, -0.15) is 0 Å². The highest BCUT2D eigenvalue weighted by atomic mass is 19.1. The third-order valence-corrected chi connectivity index (χ3v) is 5.81. The predicted molar refractivity (Wildman–Crippen MR) is 119 cm³/mol. The quantitative estimate of drug-likeness (QED) is 0.452. The molecule has 0 bridgehead atoms. The Hall–Kier alpha value is -3.26. The first kappa shape index (κ1) is 20.0. The molecule has 1 unspecified atom stereocenters. The zero-order valence-electron chi connectivity index (χ0n) is 17.1. The SMILES string of the molecule is CCc1ccc(/C=C/C2=[N+]3[BH-](F)n4cccc4C(CCN)=C3C(C)=C2)cc1[N+](=O)[O-]. The average molecular weight is 406 g/mol. The van der Waals surface area contributed by atoms with Crippen molar-refractivity contribution in [1.29, 1.82) is 0 Å². The molecule has 0 saturated heterocycles. The number of nitrogens with zero attached hydrogens (tertiary/aromatic N) is 3. The van der Waals surface area contributed by atoms with Gasteiger partial charge in [0.1, 0.15) is 0 Å². The number of nitro benzene ring substituents is 1. The summed E-state index contributed by atoms with van der Waals surface area (Å²) in [6.07, 6.45) is 8.61. The van der Waals surface area contributed by atoms with Crippen LogP contribution in [0.1, 0.15) is 37.1 Å². The molecule has 1 aromatic heterocycles. The van der Waals surface area contributed by atoms with E-state index in [-0.39, 0.29) is 10.6 Å². The van der Waals surface area contributed by atoms with Crippen molar-refractivity contribution in [3.05, 3.63) is 86.9 Å². The fourth-order valence-corrected chi connectivity index (χ4v) is 4.45. The Labute approximate surface area is 174 Å². The van der Waals surface area contributed by atoms with E-state index in [9.17, 15) is 10.1 Å². The molecular weight excluding hydrogens is 382 g/mol. The molecular formula is C22H24BFN4O2. The van der Waals surface area contributed by atoms with Crippen molar-refractivity contribution in [3.63, 3.8) is 0 Å². The molecule has 2 aliphatic heterocycles. The van der Waals surface area contributed by atoms with Crippen molar-refractivity contribution in [2.75, 3.05) is 6.54 Å². The van der Waals surface area contributed by atoms with Crippen LogP contribution in [-0.2, 0) is 6.42 Å². The summed E-state index contributed by atoms with van der Waals surface area (Å²) in [7, 11) is -2.33. The van der Waals surface area contributed by atoms with Gasteiger partial charge in [0.2, 0.25) is 0 Å². The van der Waals surface area contributed by atoms with E-state index in [1.54, 1.807) is 33.4 Å². The molecule has 0 spiro atoms. The molecule has 0 aliphatic carbocycles. The minimum absolute atomic E-state index is 0.109. The van der Waals surface area contributed by atoms with Crippen LogP contribution in [0.4, 0.5) is 10.0 Å². The van der Waals surface area contributed by atoms with Gasteiger partial charge in [0.15, 0.2) is 11.4 Å². The molecule has 0 amide bonds. The second-order valence-corrected chi connectivity index (χ2v) is 7.62. The maximum Gasteiger partial charge on any atom is 0.536 e. The van der Waals surface area contributed by atoms with Crippen molar-refractivity contribution in [3.8, 4) is 0 Å². The molecule has 30 heavy (non-hydrogen) atoms. The molecule has 154 valence electrons. The topological polar surface area (TPSA) is 77.1 Å². The molecule has 2 aromatic rings. The van der Waals surface area contributed by atoms with Crippen LogP contribution in [0.25, 0.3) is 11.6 Å². The lowest BCUT2D eigenvalue weighted by Gasteiger charge is -2.29. The van der Waals surface area contributed by atoms with Crippen LogP contribution in [-0.4, -0.2) is 33.4 Å². The van der Waals surface area contributed by atoms with Gasteiger partial charge in [-0.3, -0.25) is 10.1 Å². The first-order valence-corrected chi connectivity index (χ1v) is 10.2.